The average molecular weight is 149 g/mol. The SMILES string of the molecule is CC(=O)c1cc(C)cnc1C. The molecular formula is C9H11NO. The zero-order valence-corrected chi connectivity index (χ0v) is 7.01. The highest BCUT2D eigenvalue weighted by Crippen LogP contribution is 2.07. The standard InChI is InChI=1S/C9H11NO/c1-6-4-9(8(3)11)7(2)10-5-6/h4-5H,1-3H3. The predicted molar refractivity (Wildman–Crippen MR) is 43.7 cm³/mol. The van der Waals surface area contributed by atoms with Gasteiger partial charge in [-0.05, 0) is 32.4 Å². The molecule has 0 spiro atoms. The Morgan fingerprint density at radius 1 is 1.45 bits per heavy atom. The van der Waals surface area contributed by atoms with Crippen LogP contribution in [-0.2, 0) is 0 Å². The second-order valence-corrected chi connectivity index (χ2v) is 2.70. The zero-order chi connectivity index (χ0) is 8.43. The maximum Gasteiger partial charge on any atom is 0.161 e. The molecule has 0 N–H and O–H groups in total. The summed E-state index contributed by atoms with van der Waals surface area (Å²) in [5.74, 6) is 0.0821. The Bertz CT molecular complexity index is 292. The number of aromatic nitrogens is 1. The van der Waals surface area contributed by atoms with Crippen molar-refractivity contribution >= 4 is 5.78 Å². The molecule has 1 rings (SSSR count). The van der Waals surface area contributed by atoms with Crippen LogP contribution in [0.25, 0.3) is 0 Å². The highest BCUT2D eigenvalue weighted by molar-refractivity contribution is 5.95. The summed E-state index contributed by atoms with van der Waals surface area (Å²) < 4.78 is 0. The molecule has 0 saturated carbocycles. The lowest BCUT2D eigenvalue weighted by atomic mass is 10.1. The molecule has 0 radical (unpaired) electrons. The summed E-state index contributed by atoms with van der Waals surface area (Å²) in [6, 6.07) is 1.87. The van der Waals surface area contributed by atoms with E-state index in [0.29, 0.717) is 0 Å². The first-order valence-corrected chi connectivity index (χ1v) is 3.55. The van der Waals surface area contributed by atoms with Gasteiger partial charge in [0.2, 0.25) is 0 Å². The predicted octanol–water partition coefficient (Wildman–Crippen LogP) is 1.90. The minimum atomic E-state index is 0.0821. The average Bonchev–Trinajstić information content (AvgIpc) is 1.94. The summed E-state index contributed by atoms with van der Waals surface area (Å²) in [4.78, 5) is 15.1. The number of carbonyl (C=O) groups is 1. The largest absolute Gasteiger partial charge is 0.294 e. The van der Waals surface area contributed by atoms with Gasteiger partial charge in [-0.25, -0.2) is 0 Å². The quantitative estimate of drug-likeness (QED) is 0.571. The van der Waals surface area contributed by atoms with Crippen LogP contribution in [0.5, 0.6) is 0 Å². The summed E-state index contributed by atoms with van der Waals surface area (Å²) >= 11 is 0. The number of nitrogens with zero attached hydrogens (tertiary/aromatic N) is 1. The van der Waals surface area contributed by atoms with Gasteiger partial charge in [0.15, 0.2) is 5.78 Å². The number of rotatable bonds is 1. The molecule has 0 fully saturated rings. The summed E-state index contributed by atoms with van der Waals surface area (Å²) in [5.41, 5.74) is 2.56. The summed E-state index contributed by atoms with van der Waals surface area (Å²) in [5, 5.41) is 0. The lowest BCUT2D eigenvalue weighted by molar-refractivity contribution is 0.101. The second kappa shape index (κ2) is 2.82. The van der Waals surface area contributed by atoms with Crippen molar-refractivity contribution in [2.24, 2.45) is 0 Å². The Kier molecular flexibility index (Phi) is 2.03. The highest BCUT2D eigenvalue weighted by atomic mass is 16.1. The number of carbonyl (C=O) groups excluding carboxylic acids is 1. The second-order valence-electron chi connectivity index (χ2n) is 2.70. The van der Waals surface area contributed by atoms with E-state index in [1.165, 1.54) is 0 Å². The van der Waals surface area contributed by atoms with Crippen LogP contribution in [0.1, 0.15) is 28.5 Å². The number of hydrogen-bond donors (Lipinski definition) is 0. The molecule has 1 aromatic rings. The molecule has 0 unspecified atom stereocenters. The van der Waals surface area contributed by atoms with Crippen molar-refractivity contribution in [3.05, 3.63) is 29.1 Å². The Morgan fingerprint density at radius 3 is 2.55 bits per heavy atom. The normalized spacial score (nSPS) is 9.73. The minimum absolute atomic E-state index is 0.0821. The van der Waals surface area contributed by atoms with E-state index in [1.54, 1.807) is 13.1 Å². The van der Waals surface area contributed by atoms with Crippen molar-refractivity contribution < 1.29 is 4.79 Å². The maximum absolute atomic E-state index is 11.0. The number of aryl methyl sites for hydroxylation is 2. The van der Waals surface area contributed by atoms with Crippen molar-refractivity contribution in [2.45, 2.75) is 20.8 Å². The summed E-state index contributed by atoms with van der Waals surface area (Å²) in [6.45, 7) is 5.33. The van der Waals surface area contributed by atoms with Crippen LogP contribution in [0.15, 0.2) is 12.3 Å². The fourth-order valence-corrected chi connectivity index (χ4v) is 0.994. The molecule has 0 saturated heterocycles. The van der Waals surface area contributed by atoms with E-state index in [2.05, 4.69) is 4.98 Å². The number of Topliss-reactive ketones (excluding diaryl/α,β-unsaturated/α-hetero) is 1. The Labute approximate surface area is 66.3 Å². The molecule has 0 bridgehead atoms. The van der Waals surface area contributed by atoms with Crippen LogP contribution in [-0.4, -0.2) is 10.8 Å². The van der Waals surface area contributed by atoms with E-state index in [1.807, 2.05) is 19.9 Å². The summed E-state index contributed by atoms with van der Waals surface area (Å²) in [6.07, 6.45) is 1.77. The highest BCUT2D eigenvalue weighted by Gasteiger charge is 2.03. The molecule has 0 atom stereocenters. The van der Waals surface area contributed by atoms with Gasteiger partial charge >= 0.3 is 0 Å². The van der Waals surface area contributed by atoms with E-state index in [4.69, 9.17) is 0 Å². The molecule has 58 valence electrons. The number of hydrogen-bond acceptors (Lipinski definition) is 2. The molecule has 11 heavy (non-hydrogen) atoms. The molecule has 2 nitrogen and oxygen atoms in total. The van der Waals surface area contributed by atoms with E-state index >= 15 is 0 Å². The molecule has 0 amide bonds. The monoisotopic (exact) mass is 149 g/mol. The Morgan fingerprint density at radius 2 is 2.09 bits per heavy atom. The first-order chi connectivity index (χ1) is 5.11. The molecule has 1 heterocycles. The van der Waals surface area contributed by atoms with Gasteiger partial charge in [0, 0.05) is 17.5 Å². The van der Waals surface area contributed by atoms with Gasteiger partial charge in [0.05, 0.1) is 0 Å². The topological polar surface area (TPSA) is 30.0 Å². The van der Waals surface area contributed by atoms with Crippen LogP contribution >= 0.6 is 0 Å². The lowest BCUT2D eigenvalue weighted by Crippen LogP contribution is -1.98. The Hall–Kier alpha value is -1.18. The molecule has 0 aromatic carbocycles. The van der Waals surface area contributed by atoms with E-state index in [0.717, 1.165) is 16.8 Å². The fourth-order valence-electron chi connectivity index (χ4n) is 0.994. The van der Waals surface area contributed by atoms with Gasteiger partial charge in [-0.1, -0.05) is 0 Å². The van der Waals surface area contributed by atoms with Gasteiger partial charge < -0.3 is 0 Å². The number of ketones is 1. The third-order valence-corrected chi connectivity index (χ3v) is 1.60. The third-order valence-electron chi connectivity index (χ3n) is 1.60. The van der Waals surface area contributed by atoms with Crippen LogP contribution in [0.2, 0.25) is 0 Å². The van der Waals surface area contributed by atoms with Crippen LogP contribution in [0.4, 0.5) is 0 Å². The third kappa shape index (κ3) is 1.64. The van der Waals surface area contributed by atoms with Crippen LogP contribution in [0, 0.1) is 13.8 Å². The van der Waals surface area contributed by atoms with Crippen molar-refractivity contribution in [1.82, 2.24) is 4.98 Å². The van der Waals surface area contributed by atoms with Crippen LogP contribution in [0.3, 0.4) is 0 Å². The smallest absolute Gasteiger partial charge is 0.161 e. The molecular weight excluding hydrogens is 138 g/mol. The van der Waals surface area contributed by atoms with Gasteiger partial charge in [-0.2, -0.15) is 0 Å². The van der Waals surface area contributed by atoms with Gasteiger partial charge in [0.25, 0.3) is 0 Å². The minimum Gasteiger partial charge on any atom is -0.294 e. The van der Waals surface area contributed by atoms with Crippen molar-refractivity contribution in [2.75, 3.05) is 0 Å². The zero-order valence-electron chi connectivity index (χ0n) is 7.01. The van der Waals surface area contributed by atoms with Gasteiger partial charge in [0.1, 0.15) is 0 Å². The number of pyridine rings is 1. The molecule has 0 aliphatic carbocycles. The van der Waals surface area contributed by atoms with Crippen molar-refractivity contribution in [3.8, 4) is 0 Å². The first-order valence-electron chi connectivity index (χ1n) is 3.55. The van der Waals surface area contributed by atoms with E-state index < -0.39 is 0 Å². The first kappa shape index (κ1) is 7.92. The van der Waals surface area contributed by atoms with E-state index in [9.17, 15) is 4.79 Å². The summed E-state index contributed by atoms with van der Waals surface area (Å²) in [7, 11) is 0. The van der Waals surface area contributed by atoms with Gasteiger partial charge in [-0.3, -0.25) is 9.78 Å². The maximum atomic E-state index is 11.0. The van der Waals surface area contributed by atoms with Crippen molar-refractivity contribution in [1.29, 1.82) is 0 Å². The molecule has 1 aromatic heterocycles. The van der Waals surface area contributed by atoms with E-state index in [-0.39, 0.29) is 5.78 Å². The Balaban J connectivity index is 3.23. The van der Waals surface area contributed by atoms with Crippen molar-refractivity contribution in [3.63, 3.8) is 0 Å². The molecule has 0 aliphatic heterocycles. The molecule has 2 heteroatoms. The van der Waals surface area contributed by atoms with Gasteiger partial charge in [-0.15, -0.1) is 0 Å². The van der Waals surface area contributed by atoms with Crippen LogP contribution < -0.4 is 0 Å². The fraction of sp³-hybridized carbons (Fsp3) is 0.333. The lowest BCUT2D eigenvalue weighted by Gasteiger charge is -2.00. The molecule has 0 aliphatic rings.